The average molecular weight is 376 g/mol. The monoisotopic (exact) mass is 375 g/mol. The molecule has 0 spiro atoms. The Bertz CT molecular complexity index is 917. The van der Waals surface area contributed by atoms with Gasteiger partial charge in [0.25, 0.3) is 11.6 Å². The van der Waals surface area contributed by atoms with Crippen LogP contribution in [-0.2, 0) is 12.8 Å². The van der Waals surface area contributed by atoms with Gasteiger partial charge in [0.05, 0.1) is 21.1 Å². The highest BCUT2D eigenvalue weighted by Gasteiger charge is 2.25. The number of fused-ring (bicyclic) bond motifs is 1. The van der Waals surface area contributed by atoms with Gasteiger partial charge in [-0.2, -0.15) is 5.26 Å². The average Bonchev–Trinajstić information content (AvgIpc) is 2.90. The van der Waals surface area contributed by atoms with Crippen molar-refractivity contribution < 1.29 is 9.72 Å². The number of amides is 1. The third-order valence-corrected chi connectivity index (χ3v) is 5.74. The zero-order chi connectivity index (χ0) is 18.1. The molecule has 0 radical (unpaired) electrons. The summed E-state index contributed by atoms with van der Waals surface area (Å²) in [5.74, 6) is 0.0772. The Labute approximate surface area is 153 Å². The van der Waals surface area contributed by atoms with E-state index in [2.05, 4.69) is 18.3 Å². The van der Waals surface area contributed by atoms with E-state index in [-0.39, 0.29) is 16.3 Å². The largest absolute Gasteiger partial charge is 0.312 e. The van der Waals surface area contributed by atoms with Gasteiger partial charge >= 0.3 is 0 Å². The maximum Gasteiger partial charge on any atom is 0.270 e. The predicted octanol–water partition coefficient (Wildman–Crippen LogP) is 4.56. The zero-order valence-corrected chi connectivity index (χ0v) is 14.9. The number of non-ortho nitro benzene ring substituents is 1. The van der Waals surface area contributed by atoms with Gasteiger partial charge in [0.15, 0.2) is 0 Å². The van der Waals surface area contributed by atoms with Gasteiger partial charge in [-0.3, -0.25) is 14.9 Å². The molecular weight excluding hydrogens is 362 g/mol. The van der Waals surface area contributed by atoms with Gasteiger partial charge in [-0.05, 0) is 36.8 Å². The van der Waals surface area contributed by atoms with Crippen molar-refractivity contribution in [3.8, 4) is 6.07 Å². The number of thiophene rings is 1. The summed E-state index contributed by atoms with van der Waals surface area (Å²) >= 11 is 7.42. The minimum atomic E-state index is -0.574. The molecule has 128 valence electrons. The Morgan fingerprint density at radius 1 is 1.52 bits per heavy atom. The Kier molecular flexibility index (Phi) is 4.75. The molecule has 0 bridgehead atoms. The first kappa shape index (κ1) is 17.4. The lowest BCUT2D eigenvalue weighted by atomic mass is 9.88. The minimum absolute atomic E-state index is 0.000138. The summed E-state index contributed by atoms with van der Waals surface area (Å²) in [6.07, 6.45) is 2.77. The topological polar surface area (TPSA) is 96.0 Å². The Balaban J connectivity index is 1.89. The van der Waals surface area contributed by atoms with Gasteiger partial charge in [-0.1, -0.05) is 18.5 Å². The highest BCUT2D eigenvalue weighted by Crippen LogP contribution is 2.39. The molecule has 0 aliphatic heterocycles. The number of benzene rings is 1. The molecule has 1 aliphatic carbocycles. The van der Waals surface area contributed by atoms with Crippen LogP contribution in [0.5, 0.6) is 0 Å². The summed E-state index contributed by atoms with van der Waals surface area (Å²) in [6, 6.07) is 5.88. The highest BCUT2D eigenvalue weighted by molar-refractivity contribution is 7.16. The molecule has 25 heavy (non-hydrogen) atoms. The lowest BCUT2D eigenvalue weighted by Gasteiger charge is -2.17. The Morgan fingerprint density at radius 2 is 2.28 bits per heavy atom. The van der Waals surface area contributed by atoms with Crippen LogP contribution in [0.2, 0.25) is 5.02 Å². The minimum Gasteiger partial charge on any atom is -0.312 e. The summed E-state index contributed by atoms with van der Waals surface area (Å²) in [5, 5.41) is 23.5. The summed E-state index contributed by atoms with van der Waals surface area (Å²) in [6.45, 7) is 2.17. The van der Waals surface area contributed by atoms with Crippen LogP contribution < -0.4 is 5.32 Å². The lowest BCUT2D eigenvalue weighted by Crippen LogP contribution is -2.13. The number of nitro groups is 1. The van der Waals surface area contributed by atoms with Gasteiger partial charge in [-0.25, -0.2) is 0 Å². The molecule has 6 nitrogen and oxygen atoms in total. The van der Waals surface area contributed by atoms with E-state index in [9.17, 15) is 20.2 Å². The Hall–Kier alpha value is -2.43. The van der Waals surface area contributed by atoms with E-state index < -0.39 is 10.8 Å². The number of nitro benzene ring substituents is 1. The van der Waals surface area contributed by atoms with E-state index in [0.29, 0.717) is 16.5 Å². The molecule has 0 fully saturated rings. The quantitative estimate of drug-likeness (QED) is 0.628. The van der Waals surface area contributed by atoms with Crippen LogP contribution in [-0.4, -0.2) is 10.8 Å². The molecule has 1 aromatic heterocycles. The SMILES string of the molecule is C[C@H]1CCc2c(sc(NC(=O)c3ccc([N+](=O)[O-])cc3Cl)c2C#N)C1. The number of rotatable bonds is 3. The first-order valence-corrected chi connectivity index (χ1v) is 8.90. The number of nitriles is 1. The van der Waals surface area contributed by atoms with E-state index in [1.807, 2.05) is 0 Å². The molecule has 8 heteroatoms. The van der Waals surface area contributed by atoms with Gasteiger partial charge in [-0.15, -0.1) is 11.3 Å². The molecule has 0 unspecified atom stereocenters. The van der Waals surface area contributed by atoms with Crippen LogP contribution in [0.25, 0.3) is 0 Å². The number of carbonyl (C=O) groups is 1. The van der Waals surface area contributed by atoms with Crippen molar-refractivity contribution in [2.45, 2.75) is 26.2 Å². The van der Waals surface area contributed by atoms with Crippen molar-refractivity contribution in [2.75, 3.05) is 5.32 Å². The number of nitrogens with one attached hydrogen (secondary N) is 1. The molecule has 1 N–H and O–H groups in total. The fourth-order valence-corrected chi connectivity index (χ4v) is 4.55. The van der Waals surface area contributed by atoms with Crippen LogP contribution in [0.1, 0.15) is 39.7 Å². The van der Waals surface area contributed by atoms with Crippen molar-refractivity contribution in [1.82, 2.24) is 0 Å². The first-order valence-electron chi connectivity index (χ1n) is 7.70. The summed E-state index contributed by atoms with van der Waals surface area (Å²) in [5.41, 5.74) is 1.49. The molecule has 1 amide bonds. The number of hydrogen-bond donors (Lipinski definition) is 1. The summed E-state index contributed by atoms with van der Waals surface area (Å²) in [4.78, 5) is 23.8. The normalized spacial score (nSPS) is 16.0. The second-order valence-electron chi connectivity index (χ2n) is 6.04. The molecule has 1 aromatic carbocycles. The van der Waals surface area contributed by atoms with E-state index in [0.717, 1.165) is 35.8 Å². The lowest BCUT2D eigenvalue weighted by molar-refractivity contribution is -0.384. The van der Waals surface area contributed by atoms with Gasteiger partial charge in [0.2, 0.25) is 0 Å². The second kappa shape index (κ2) is 6.82. The van der Waals surface area contributed by atoms with Crippen LogP contribution in [0.3, 0.4) is 0 Å². The number of nitrogens with zero attached hydrogens (tertiary/aromatic N) is 2. The van der Waals surface area contributed by atoms with E-state index in [1.165, 1.54) is 23.5 Å². The molecule has 1 atom stereocenters. The number of hydrogen-bond acceptors (Lipinski definition) is 5. The van der Waals surface area contributed by atoms with Gasteiger partial charge in [0.1, 0.15) is 11.1 Å². The maximum atomic E-state index is 12.5. The molecule has 2 aromatic rings. The third-order valence-electron chi connectivity index (χ3n) is 4.26. The summed E-state index contributed by atoms with van der Waals surface area (Å²) < 4.78 is 0. The first-order chi connectivity index (χ1) is 11.9. The van der Waals surface area contributed by atoms with Crippen molar-refractivity contribution in [2.24, 2.45) is 5.92 Å². The van der Waals surface area contributed by atoms with Crippen LogP contribution in [0.15, 0.2) is 18.2 Å². The number of halogens is 1. The Morgan fingerprint density at radius 3 is 2.92 bits per heavy atom. The van der Waals surface area contributed by atoms with E-state index in [1.54, 1.807) is 0 Å². The molecule has 1 heterocycles. The van der Waals surface area contributed by atoms with Crippen molar-refractivity contribution in [1.29, 1.82) is 5.26 Å². The van der Waals surface area contributed by atoms with Crippen LogP contribution in [0, 0.1) is 27.4 Å². The van der Waals surface area contributed by atoms with Crippen molar-refractivity contribution in [3.63, 3.8) is 0 Å². The van der Waals surface area contributed by atoms with Crippen LogP contribution in [0.4, 0.5) is 10.7 Å². The highest BCUT2D eigenvalue weighted by atomic mass is 35.5. The third kappa shape index (κ3) is 3.36. The predicted molar refractivity (Wildman–Crippen MR) is 96.3 cm³/mol. The molecule has 0 saturated heterocycles. The van der Waals surface area contributed by atoms with Crippen LogP contribution >= 0.6 is 22.9 Å². The fraction of sp³-hybridized carbons (Fsp3) is 0.294. The van der Waals surface area contributed by atoms with Gasteiger partial charge < -0.3 is 5.32 Å². The maximum absolute atomic E-state index is 12.5. The van der Waals surface area contributed by atoms with E-state index >= 15 is 0 Å². The van der Waals surface area contributed by atoms with Crippen molar-refractivity contribution in [3.05, 3.63) is 54.9 Å². The summed E-state index contributed by atoms with van der Waals surface area (Å²) in [7, 11) is 0. The zero-order valence-electron chi connectivity index (χ0n) is 13.3. The number of carbonyl (C=O) groups excluding carboxylic acids is 1. The smallest absolute Gasteiger partial charge is 0.270 e. The molecule has 1 aliphatic rings. The fourth-order valence-electron chi connectivity index (χ4n) is 2.93. The number of anilines is 1. The molecule has 3 rings (SSSR count). The van der Waals surface area contributed by atoms with E-state index in [4.69, 9.17) is 11.6 Å². The standard InChI is InChI=1S/C17H14ClN3O3S/c1-9-2-4-11-13(8-19)17(25-15(11)6-9)20-16(22)12-5-3-10(21(23)24)7-14(12)18/h3,5,7,9H,2,4,6H2,1H3,(H,20,22)/t9-/m0/s1. The molecule has 0 saturated carbocycles. The van der Waals surface area contributed by atoms with Crippen molar-refractivity contribution >= 4 is 39.5 Å². The molecular formula is C17H14ClN3O3S. The van der Waals surface area contributed by atoms with Gasteiger partial charge in [0, 0.05) is 17.0 Å². The second-order valence-corrected chi connectivity index (χ2v) is 7.56.